The summed E-state index contributed by atoms with van der Waals surface area (Å²) in [6.07, 6.45) is -3.94. The normalized spacial score (nSPS) is 12.5. The van der Waals surface area contributed by atoms with Crippen LogP contribution in [0.4, 0.5) is 13.2 Å². The van der Waals surface area contributed by atoms with Crippen molar-refractivity contribution in [3.05, 3.63) is 35.4 Å². The van der Waals surface area contributed by atoms with Crippen LogP contribution in [0.2, 0.25) is 0 Å². The van der Waals surface area contributed by atoms with Gasteiger partial charge in [0.25, 0.3) is 0 Å². The van der Waals surface area contributed by atoms with E-state index in [1.54, 1.807) is 0 Å². The average Bonchev–Trinajstić information content (AvgIpc) is 2.43. The lowest BCUT2D eigenvalue weighted by Crippen LogP contribution is -2.19. The van der Waals surface area contributed by atoms with Crippen LogP contribution in [0.15, 0.2) is 24.3 Å². The van der Waals surface area contributed by atoms with Gasteiger partial charge in [-0.3, -0.25) is 0 Å². The molecule has 0 aliphatic carbocycles. The van der Waals surface area contributed by atoms with E-state index in [2.05, 4.69) is 11.8 Å². The Bertz CT molecular complexity index is 565. The summed E-state index contributed by atoms with van der Waals surface area (Å²) in [5.74, 6) is 5.14. The third-order valence-corrected chi connectivity index (χ3v) is 2.80. The molecule has 0 spiro atoms. The summed E-state index contributed by atoms with van der Waals surface area (Å²) in [6.45, 7) is 5.78. The van der Waals surface area contributed by atoms with E-state index in [0.29, 0.717) is 12.8 Å². The molecule has 0 aliphatic rings. The molecule has 0 saturated carbocycles. The molecule has 1 unspecified atom stereocenters. The van der Waals surface area contributed by atoms with Crippen molar-refractivity contribution in [3.63, 3.8) is 0 Å². The van der Waals surface area contributed by atoms with Crippen LogP contribution in [0.3, 0.4) is 0 Å². The molecule has 1 aromatic carbocycles. The molecule has 22 heavy (non-hydrogen) atoms. The third-order valence-electron chi connectivity index (χ3n) is 2.80. The van der Waals surface area contributed by atoms with Crippen molar-refractivity contribution in [1.29, 1.82) is 0 Å². The molecule has 5 heteroatoms. The molecule has 0 N–H and O–H groups in total. The predicted octanol–water partition coefficient (Wildman–Crippen LogP) is 4.69. The second kappa shape index (κ2) is 7.88. The predicted molar refractivity (Wildman–Crippen MR) is 78.2 cm³/mol. The quantitative estimate of drug-likeness (QED) is 0.595. The number of rotatable bonds is 4. The maximum Gasteiger partial charge on any atom is 0.416 e. The Kier molecular flexibility index (Phi) is 6.48. The van der Waals surface area contributed by atoms with Crippen LogP contribution in [-0.4, -0.2) is 12.1 Å². The lowest BCUT2D eigenvalue weighted by Gasteiger charge is -2.15. The van der Waals surface area contributed by atoms with Crippen LogP contribution in [0, 0.1) is 17.8 Å². The number of esters is 1. The number of alkyl halides is 3. The molecule has 0 amide bonds. The van der Waals surface area contributed by atoms with Crippen LogP contribution in [0.5, 0.6) is 0 Å². The molecule has 0 aliphatic heterocycles. The van der Waals surface area contributed by atoms with Gasteiger partial charge in [-0.15, -0.1) is 0 Å². The topological polar surface area (TPSA) is 26.3 Å². The van der Waals surface area contributed by atoms with Gasteiger partial charge in [0.15, 0.2) is 6.10 Å². The van der Waals surface area contributed by atoms with E-state index in [0.717, 1.165) is 12.1 Å². The first-order valence-electron chi connectivity index (χ1n) is 7.10. The van der Waals surface area contributed by atoms with E-state index in [4.69, 9.17) is 4.74 Å². The molecule has 0 heterocycles. The molecule has 0 radical (unpaired) electrons. The van der Waals surface area contributed by atoms with Gasteiger partial charge in [-0.25, -0.2) is 4.79 Å². The van der Waals surface area contributed by atoms with Gasteiger partial charge in [0.2, 0.25) is 0 Å². The zero-order valence-electron chi connectivity index (χ0n) is 12.8. The van der Waals surface area contributed by atoms with E-state index in [1.165, 1.54) is 12.1 Å². The maximum atomic E-state index is 12.7. The van der Waals surface area contributed by atoms with E-state index in [-0.39, 0.29) is 11.5 Å². The van der Waals surface area contributed by atoms with Crippen LogP contribution < -0.4 is 0 Å². The Hall–Kier alpha value is -1.96. The number of hydrogen-bond acceptors (Lipinski definition) is 2. The molecule has 1 aromatic rings. The number of carbonyl (C=O) groups excluding carboxylic acids is 1. The highest BCUT2D eigenvalue weighted by atomic mass is 19.4. The smallest absolute Gasteiger partial charge is 0.416 e. The minimum atomic E-state index is -4.49. The van der Waals surface area contributed by atoms with Crippen molar-refractivity contribution >= 4 is 5.97 Å². The van der Waals surface area contributed by atoms with Gasteiger partial charge in [-0.1, -0.05) is 38.7 Å². The number of hydrogen-bond donors (Lipinski definition) is 0. The SMILES string of the molecule is CCC#CC(CC(C)C)OC(=O)c1cccc(C(F)(F)F)c1. The molecule has 120 valence electrons. The standard InChI is InChI=1S/C17H19F3O2/c1-4-5-9-15(10-12(2)3)22-16(21)13-7-6-8-14(11-13)17(18,19)20/h6-8,11-12,15H,4,10H2,1-3H3. The second-order valence-electron chi connectivity index (χ2n) is 5.28. The fourth-order valence-electron chi connectivity index (χ4n) is 1.80. The highest BCUT2D eigenvalue weighted by molar-refractivity contribution is 5.89. The Balaban J connectivity index is 2.90. The molecule has 0 aromatic heterocycles. The number of halogens is 3. The highest BCUT2D eigenvalue weighted by Crippen LogP contribution is 2.29. The molecule has 2 nitrogen and oxygen atoms in total. The monoisotopic (exact) mass is 312 g/mol. The largest absolute Gasteiger partial charge is 0.446 e. The Morgan fingerprint density at radius 3 is 2.55 bits per heavy atom. The van der Waals surface area contributed by atoms with E-state index in [1.807, 2.05) is 20.8 Å². The molecule has 1 rings (SSSR count). The van der Waals surface area contributed by atoms with Gasteiger partial charge in [0.05, 0.1) is 11.1 Å². The van der Waals surface area contributed by atoms with E-state index >= 15 is 0 Å². The van der Waals surface area contributed by atoms with Crippen LogP contribution in [0.25, 0.3) is 0 Å². The first-order valence-corrected chi connectivity index (χ1v) is 7.10. The van der Waals surface area contributed by atoms with E-state index in [9.17, 15) is 18.0 Å². The summed E-state index contributed by atoms with van der Waals surface area (Å²) in [6, 6.07) is 4.20. The minimum absolute atomic E-state index is 0.123. The van der Waals surface area contributed by atoms with Crippen LogP contribution >= 0.6 is 0 Å². The fourth-order valence-corrected chi connectivity index (χ4v) is 1.80. The third kappa shape index (κ3) is 5.80. The minimum Gasteiger partial charge on any atom is -0.446 e. The van der Waals surface area contributed by atoms with E-state index < -0.39 is 23.8 Å². The summed E-state index contributed by atoms with van der Waals surface area (Å²) < 4.78 is 43.2. The summed E-state index contributed by atoms with van der Waals surface area (Å²) in [4.78, 5) is 12.0. The van der Waals surface area contributed by atoms with Crippen molar-refractivity contribution in [2.24, 2.45) is 5.92 Å². The number of carbonyl (C=O) groups is 1. The summed E-state index contributed by atoms with van der Waals surface area (Å²) in [5, 5.41) is 0. The van der Waals surface area contributed by atoms with Gasteiger partial charge < -0.3 is 4.74 Å². The summed E-state index contributed by atoms with van der Waals surface area (Å²) in [7, 11) is 0. The molecular formula is C17H19F3O2. The van der Waals surface area contributed by atoms with Crippen molar-refractivity contribution in [1.82, 2.24) is 0 Å². The zero-order chi connectivity index (χ0) is 16.8. The lowest BCUT2D eigenvalue weighted by molar-refractivity contribution is -0.137. The van der Waals surface area contributed by atoms with Crippen LogP contribution in [0.1, 0.15) is 49.5 Å². The first-order chi connectivity index (χ1) is 10.2. The lowest BCUT2D eigenvalue weighted by atomic mass is 10.1. The maximum absolute atomic E-state index is 12.7. The van der Waals surface area contributed by atoms with Crippen molar-refractivity contribution in [3.8, 4) is 11.8 Å². The number of benzene rings is 1. The molecule has 0 saturated heterocycles. The van der Waals surface area contributed by atoms with Gasteiger partial charge >= 0.3 is 12.1 Å². The van der Waals surface area contributed by atoms with Crippen LogP contribution in [-0.2, 0) is 10.9 Å². The van der Waals surface area contributed by atoms with Crippen molar-refractivity contribution in [2.75, 3.05) is 0 Å². The van der Waals surface area contributed by atoms with Gasteiger partial charge in [-0.2, -0.15) is 13.2 Å². The van der Waals surface area contributed by atoms with Gasteiger partial charge in [-0.05, 0) is 30.5 Å². The van der Waals surface area contributed by atoms with Crippen molar-refractivity contribution in [2.45, 2.75) is 45.9 Å². The Morgan fingerprint density at radius 2 is 2.00 bits per heavy atom. The molecule has 0 bridgehead atoms. The van der Waals surface area contributed by atoms with Crippen molar-refractivity contribution < 1.29 is 22.7 Å². The summed E-state index contributed by atoms with van der Waals surface area (Å²) in [5.41, 5.74) is -0.996. The summed E-state index contributed by atoms with van der Waals surface area (Å²) >= 11 is 0. The molecule has 1 atom stereocenters. The molecule has 0 fully saturated rings. The highest BCUT2D eigenvalue weighted by Gasteiger charge is 2.31. The second-order valence-corrected chi connectivity index (χ2v) is 5.28. The molecular weight excluding hydrogens is 293 g/mol. The van der Waals surface area contributed by atoms with Gasteiger partial charge in [0, 0.05) is 6.42 Å². The number of ether oxygens (including phenoxy) is 1. The zero-order valence-corrected chi connectivity index (χ0v) is 12.8. The van der Waals surface area contributed by atoms with Gasteiger partial charge in [0.1, 0.15) is 0 Å². The fraction of sp³-hybridized carbons (Fsp3) is 0.471. The Morgan fingerprint density at radius 1 is 1.32 bits per heavy atom. The first kappa shape index (κ1) is 18.1. The Labute approximate surface area is 128 Å². The average molecular weight is 312 g/mol.